The Morgan fingerprint density at radius 3 is 2.22 bits per heavy atom. The van der Waals surface area contributed by atoms with Crippen LogP contribution in [-0.2, 0) is 11.3 Å². The van der Waals surface area contributed by atoms with Crippen LogP contribution in [-0.4, -0.2) is 35.0 Å². The lowest BCUT2D eigenvalue weighted by molar-refractivity contribution is -0.122. The quantitative estimate of drug-likeness (QED) is 0.288. The van der Waals surface area contributed by atoms with Gasteiger partial charge in [0.15, 0.2) is 0 Å². The second-order valence-electron chi connectivity index (χ2n) is 9.19. The molecule has 6 heteroatoms. The molecule has 0 fully saturated rings. The molecule has 2 heterocycles. The number of carbonyl (C=O) groups is 1. The van der Waals surface area contributed by atoms with Gasteiger partial charge in [-0.2, -0.15) is 0 Å². The second-order valence-corrected chi connectivity index (χ2v) is 10.00. The highest BCUT2D eigenvalue weighted by molar-refractivity contribution is 6.42. The molecule has 1 aliphatic rings. The number of hydrogen-bond donors (Lipinski definition) is 1. The van der Waals surface area contributed by atoms with E-state index >= 15 is 0 Å². The number of rotatable bonds is 8. The molecule has 0 aliphatic carbocycles. The summed E-state index contributed by atoms with van der Waals surface area (Å²) in [4.78, 5) is 15.3. The van der Waals surface area contributed by atoms with E-state index in [0.717, 1.165) is 30.8 Å². The van der Waals surface area contributed by atoms with Gasteiger partial charge in [0.1, 0.15) is 0 Å². The van der Waals surface area contributed by atoms with E-state index in [1.165, 1.54) is 11.1 Å². The maximum atomic E-state index is 13.1. The minimum Gasteiger partial charge on any atom is -0.355 e. The molecule has 1 atom stereocenters. The summed E-state index contributed by atoms with van der Waals surface area (Å²) < 4.78 is 2.24. The molecule has 1 amide bonds. The maximum Gasteiger partial charge on any atom is 0.234 e. The zero-order valence-electron chi connectivity index (χ0n) is 20.0. The van der Waals surface area contributed by atoms with Gasteiger partial charge in [-0.3, -0.25) is 9.69 Å². The summed E-state index contributed by atoms with van der Waals surface area (Å²) in [7, 11) is 0. The van der Waals surface area contributed by atoms with Crippen LogP contribution < -0.4 is 5.32 Å². The zero-order chi connectivity index (χ0) is 24.9. The first-order valence-electron chi connectivity index (χ1n) is 12.3. The molecule has 0 bridgehead atoms. The van der Waals surface area contributed by atoms with Gasteiger partial charge in [0, 0.05) is 37.4 Å². The summed E-state index contributed by atoms with van der Waals surface area (Å²) >= 11 is 12.5. The van der Waals surface area contributed by atoms with Gasteiger partial charge in [0.25, 0.3) is 0 Å². The average Bonchev–Trinajstić information content (AvgIpc) is 3.38. The number of benzene rings is 3. The van der Waals surface area contributed by atoms with E-state index in [1.54, 1.807) is 0 Å². The molecule has 0 spiro atoms. The van der Waals surface area contributed by atoms with Crippen molar-refractivity contribution in [2.24, 2.45) is 0 Å². The van der Waals surface area contributed by atoms with Gasteiger partial charge >= 0.3 is 0 Å². The molecule has 4 aromatic rings. The molecule has 5 rings (SSSR count). The van der Waals surface area contributed by atoms with E-state index in [4.69, 9.17) is 23.2 Å². The summed E-state index contributed by atoms with van der Waals surface area (Å²) in [6.45, 7) is 2.54. The topological polar surface area (TPSA) is 37.3 Å². The van der Waals surface area contributed by atoms with Crippen LogP contribution in [0.2, 0.25) is 10.0 Å². The summed E-state index contributed by atoms with van der Waals surface area (Å²) in [5.41, 5.74) is 4.70. The normalized spacial score (nSPS) is 15.6. The average molecular weight is 518 g/mol. The molecular weight excluding hydrogens is 489 g/mol. The Morgan fingerprint density at radius 1 is 0.861 bits per heavy atom. The predicted molar refractivity (Wildman–Crippen MR) is 147 cm³/mol. The van der Waals surface area contributed by atoms with Crippen LogP contribution in [0.3, 0.4) is 0 Å². The van der Waals surface area contributed by atoms with E-state index in [9.17, 15) is 4.79 Å². The predicted octanol–water partition coefficient (Wildman–Crippen LogP) is 6.54. The largest absolute Gasteiger partial charge is 0.355 e. The van der Waals surface area contributed by atoms with E-state index in [2.05, 4.69) is 81.6 Å². The summed E-state index contributed by atoms with van der Waals surface area (Å²) in [5, 5.41) is 4.23. The van der Waals surface area contributed by atoms with Crippen LogP contribution in [0.5, 0.6) is 0 Å². The number of aromatic nitrogens is 1. The minimum absolute atomic E-state index is 0.0277. The second kappa shape index (κ2) is 11.3. The highest BCUT2D eigenvalue weighted by Crippen LogP contribution is 2.35. The molecule has 1 aliphatic heterocycles. The fourth-order valence-electron chi connectivity index (χ4n) is 5.16. The van der Waals surface area contributed by atoms with Crippen LogP contribution >= 0.6 is 23.2 Å². The van der Waals surface area contributed by atoms with Gasteiger partial charge in [-0.1, -0.05) is 89.9 Å². The van der Waals surface area contributed by atoms with Crippen molar-refractivity contribution >= 4 is 29.1 Å². The van der Waals surface area contributed by atoms with Crippen LogP contribution in [0, 0.1) is 0 Å². The van der Waals surface area contributed by atoms with Crippen molar-refractivity contribution in [2.45, 2.75) is 24.9 Å². The van der Waals surface area contributed by atoms with E-state index in [1.807, 2.05) is 30.3 Å². The van der Waals surface area contributed by atoms with E-state index < -0.39 is 0 Å². The van der Waals surface area contributed by atoms with E-state index in [-0.39, 0.29) is 17.9 Å². The number of halogens is 2. The van der Waals surface area contributed by atoms with Gasteiger partial charge in [0.2, 0.25) is 5.91 Å². The first-order chi connectivity index (χ1) is 17.6. The van der Waals surface area contributed by atoms with Crippen molar-refractivity contribution in [3.63, 3.8) is 0 Å². The Kier molecular flexibility index (Phi) is 7.76. The van der Waals surface area contributed by atoms with E-state index in [0.29, 0.717) is 23.1 Å². The third-order valence-electron chi connectivity index (χ3n) is 6.90. The molecule has 0 saturated carbocycles. The lowest BCUT2D eigenvalue weighted by Gasteiger charge is -2.37. The zero-order valence-corrected chi connectivity index (χ0v) is 21.5. The van der Waals surface area contributed by atoms with Crippen LogP contribution in [0.4, 0.5) is 0 Å². The molecule has 0 saturated heterocycles. The Hall–Kier alpha value is -3.05. The first-order valence-corrected chi connectivity index (χ1v) is 13.1. The molecule has 36 heavy (non-hydrogen) atoms. The first kappa shape index (κ1) is 24.6. The van der Waals surface area contributed by atoms with Crippen LogP contribution in [0.25, 0.3) is 0 Å². The van der Waals surface area contributed by atoms with Gasteiger partial charge < -0.3 is 9.88 Å². The number of nitrogens with one attached hydrogen (secondary N) is 1. The van der Waals surface area contributed by atoms with Gasteiger partial charge in [-0.15, -0.1) is 0 Å². The Morgan fingerprint density at radius 2 is 1.56 bits per heavy atom. The summed E-state index contributed by atoms with van der Waals surface area (Å²) in [6.07, 6.45) is 2.92. The number of hydrogen-bond acceptors (Lipinski definition) is 2. The summed E-state index contributed by atoms with van der Waals surface area (Å²) in [5.74, 6) is 0.259. The molecule has 1 aromatic heterocycles. The maximum absolute atomic E-state index is 13.1. The molecule has 184 valence electrons. The Bertz CT molecular complexity index is 1270. The van der Waals surface area contributed by atoms with Crippen molar-refractivity contribution in [2.75, 3.05) is 19.6 Å². The smallest absolute Gasteiger partial charge is 0.234 e. The van der Waals surface area contributed by atoms with Crippen LogP contribution in [0.1, 0.15) is 40.8 Å². The molecule has 1 N–H and O–H groups in total. The molecule has 4 nitrogen and oxygen atoms in total. The van der Waals surface area contributed by atoms with Crippen molar-refractivity contribution in [1.82, 2.24) is 14.8 Å². The SMILES string of the molecule is O=C(CN1CCn2cccc2C1c1ccc(Cl)c(Cl)c1)NCCC(c1ccccc1)c1ccccc1. The number of fused-ring (bicyclic) bond motifs is 1. The fraction of sp³-hybridized carbons (Fsp3) is 0.233. The Labute approximate surface area is 222 Å². The van der Waals surface area contributed by atoms with Crippen LogP contribution in [0.15, 0.2) is 97.2 Å². The number of carbonyl (C=O) groups excluding carboxylic acids is 1. The van der Waals surface area contributed by atoms with Crippen molar-refractivity contribution in [1.29, 1.82) is 0 Å². The van der Waals surface area contributed by atoms with Crippen molar-refractivity contribution in [3.05, 3.63) is 130 Å². The van der Waals surface area contributed by atoms with Gasteiger partial charge in [-0.25, -0.2) is 0 Å². The summed E-state index contributed by atoms with van der Waals surface area (Å²) in [6, 6.07) is 30.8. The lowest BCUT2D eigenvalue weighted by Crippen LogP contribution is -2.44. The lowest BCUT2D eigenvalue weighted by atomic mass is 9.88. The molecule has 3 aromatic carbocycles. The minimum atomic E-state index is -0.0596. The van der Waals surface area contributed by atoms with Crippen molar-refractivity contribution < 1.29 is 4.79 Å². The van der Waals surface area contributed by atoms with Gasteiger partial charge in [-0.05, 0) is 47.4 Å². The van der Waals surface area contributed by atoms with Crippen molar-refractivity contribution in [3.8, 4) is 0 Å². The third kappa shape index (κ3) is 5.52. The number of nitrogens with zero attached hydrogens (tertiary/aromatic N) is 2. The Balaban J connectivity index is 1.27. The number of amides is 1. The fourth-order valence-corrected chi connectivity index (χ4v) is 5.47. The highest BCUT2D eigenvalue weighted by atomic mass is 35.5. The highest BCUT2D eigenvalue weighted by Gasteiger charge is 2.30. The standard InChI is InChI=1S/C30H29Cl2N3O/c31-26-14-13-24(20-27(26)32)30-28-12-7-17-34(28)18-19-35(30)21-29(36)33-16-15-25(22-8-3-1-4-9-22)23-10-5-2-6-11-23/h1-14,17,20,25,30H,15-16,18-19,21H2,(H,33,36). The molecule has 0 radical (unpaired) electrons. The molecule has 1 unspecified atom stereocenters. The van der Waals surface area contributed by atoms with Gasteiger partial charge in [0.05, 0.1) is 22.6 Å². The molecular formula is C30H29Cl2N3O. The monoisotopic (exact) mass is 517 g/mol. The third-order valence-corrected chi connectivity index (χ3v) is 7.64.